The van der Waals surface area contributed by atoms with Gasteiger partial charge in [0, 0.05) is 16.7 Å². The van der Waals surface area contributed by atoms with Crippen molar-refractivity contribution in [1.29, 1.82) is 0 Å². The van der Waals surface area contributed by atoms with Crippen molar-refractivity contribution < 1.29 is 14.1 Å². The van der Waals surface area contributed by atoms with E-state index in [4.69, 9.17) is 16.6 Å². The Morgan fingerprint density at radius 1 is 1.26 bits per heavy atom. The Morgan fingerprint density at radius 2 is 2.03 bits per heavy atom. The second kappa shape index (κ2) is 7.81. The summed E-state index contributed by atoms with van der Waals surface area (Å²) >= 11 is 5.78. The number of hydrogen-bond acceptors (Lipinski definition) is 7. The van der Waals surface area contributed by atoms with E-state index in [9.17, 15) is 14.1 Å². The minimum atomic E-state index is -1.14. The second-order valence-corrected chi connectivity index (χ2v) is 9.84. The number of amides is 1. The zero-order valence-electron chi connectivity index (χ0n) is 16.5. The molecule has 0 radical (unpaired) electrons. The van der Waals surface area contributed by atoms with E-state index in [0.717, 1.165) is 35.1 Å². The lowest BCUT2D eigenvalue weighted by atomic mass is 9.77. The van der Waals surface area contributed by atoms with Crippen LogP contribution in [0.3, 0.4) is 0 Å². The smallest absolute Gasteiger partial charge is 0.258 e. The summed E-state index contributed by atoms with van der Waals surface area (Å²) in [7, 11) is -1.14. The fraction of sp³-hybridized carbons (Fsp3) is 0.333. The first-order chi connectivity index (χ1) is 15.0. The van der Waals surface area contributed by atoms with Crippen LogP contribution in [0.15, 0.2) is 35.5 Å². The number of nitrogens with one attached hydrogen (secondary N) is 2. The van der Waals surface area contributed by atoms with Crippen molar-refractivity contribution in [2.75, 3.05) is 23.0 Å². The fourth-order valence-corrected chi connectivity index (χ4v) is 5.55. The number of aliphatic hydroxyl groups excluding tert-OH is 1. The molecule has 0 unspecified atom stereocenters. The number of hydrogen-bond donors (Lipinski definition) is 3. The van der Waals surface area contributed by atoms with Gasteiger partial charge in [-0.2, -0.15) is 0 Å². The maximum atomic E-state index is 12.7. The lowest BCUT2D eigenvalue weighted by molar-refractivity contribution is 0.102. The highest BCUT2D eigenvalue weighted by Gasteiger charge is 2.38. The number of benzene rings is 1. The number of rotatable bonds is 5. The van der Waals surface area contributed by atoms with Crippen molar-refractivity contribution in [3.05, 3.63) is 46.7 Å². The molecule has 2 aromatic heterocycles. The Kier molecular flexibility index (Phi) is 5.11. The Balaban J connectivity index is 1.52. The standard InChI is InChI=1S/C21H20ClN5O3S/c22-13-9-23-20(24-10-13)26-19(29)12-2-3-14-15-4-7-31(30)17(15)18(25-16(14)8-12)27-21(11-28)5-1-6-21/h2-3,8-10,28H,1,4-7,11H2,(H,25,27)(H,23,24,26,29)/t31-/m0/s1. The number of carbonyl (C=O) groups is 1. The van der Waals surface area contributed by atoms with Crippen LogP contribution < -0.4 is 10.6 Å². The highest BCUT2D eigenvalue weighted by molar-refractivity contribution is 7.85. The number of halogens is 1. The molecule has 1 saturated carbocycles. The van der Waals surface area contributed by atoms with Crippen LogP contribution in [0.4, 0.5) is 11.8 Å². The first-order valence-corrected chi connectivity index (χ1v) is 11.7. The van der Waals surface area contributed by atoms with Crippen LogP contribution in [0.5, 0.6) is 0 Å². The van der Waals surface area contributed by atoms with Crippen LogP contribution >= 0.6 is 11.6 Å². The zero-order valence-corrected chi connectivity index (χ0v) is 18.1. The average Bonchev–Trinajstić information content (AvgIpc) is 3.14. The van der Waals surface area contributed by atoms with Crippen molar-refractivity contribution in [2.24, 2.45) is 0 Å². The topological polar surface area (TPSA) is 117 Å². The minimum absolute atomic E-state index is 0.00232. The van der Waals surface area contributed by atoms with E-state index in [0.29, 0.717) is 34.1 Å². The van der Waals surface area contributed by atoms with Gasteiger partial charge in [-0.15, -0.1) is 0 Å². The van der Waals surface area contributed by atoms with Crippen LogP contribution in [0.25, 0.3) is 10.9 Å². The molecule has 2 aliphatic rings. The van der Waals surface area contributed by atoms with E-state index in [1.807, 2.05) is 6.07 Å². The molecule has 3 N–H and O–H groups in total. The summed E-state index contributed by atoms with van der Waals surface area (Å²) < 4.78 is 12.7. The van der Waals surface area contributed by atoms with E-state index >= 15 is 0 Å². The lowest BCUT2D eigenvalue weighted by Crippen LogP contribution is -2.48. The van der Waals surface area contributed by atoms with Crippen molar-refractivity contribution >= 4 is 51.0 Å². The van der Waals surface area contributed by atoms with Gasteiger partial charge in [-0.25, -0.2) is 15.0 Å². The first-order valence-electron chi connectivity index (χ1n) is 10.0. The van der Waals surface area contributed by atoms with E-state index in [2.05, 4.69) is 20.6 Å². The molecule has 0 spiro atoms. The van der Waals surface area contributed by atoms with Gasteiger partial charge in [-0.05, 0) is 43.4 Å². The van der Waals surface area contributed by atoms with E-state index in [1.54, 1.807) is 12.1 Å². The molecule has 1 atom stereocenters. The Hall–Kier alpha value is -2.62. The average molecular weight is 458 g/mol. The summed E-state index contributed by atoms with van der Waals surface area (Å²) in [6.45, 7) is -0.00232. The van der Waals surface area contributed by atoms with E-state index in [1.165, 1.54) is 12.4 Å². The van der Waals surface area contributed by atoms with Gasteiger partial charge in [0.1, 0.15) is 5.82 Å². The summed E-state index contributed by atoms with van der Waals surface area (Å²) in [4.78, 5) is 26.1. The van der Waals surface area contributed by atoms with Gasteiger partial charge in [-0.3, -0.25) is 14.3 Å². The third-order valence-electron chi connectivity index (χ3n) is 5.91. The summed E-state index contributed by atoms with van der Waals surface area (Å²) in [5.74, 6) is 0.887. The summed E-state index contributed by atoms with van der Waals surface area (Å²) in [5, 5.41) is 17.1. The highest BCUT2D eigenvalue weighted by Crippen LogP contribution is 2.40. The van der Waals surface area contributed by atoms with Gasteiger partial charge in [0.05, 0.1) is 50.8 Å². The Labute approximate surface area is 185 Å². The molecule has 1 amide bonds. The first kappa shape index (κ1) is 20.3. The number of nitrogens with zero attached hydrogens (tertiary/aromatic N) is 3. The largest absolute Gasteiger partial charge is 0.394 e. The third kappa shape index (κ3) is 3.66. The van der Waals surface area contributed by atoms with Crippen molar-refractivity contribution in [3.63, 3.8) is 0 Å². The normalized spacial score (nSPS) is 19.0. The van der Waals surface area contributed by atoms with Gasteiger partial charge < -0.3 is 10.4 Å². The van der Waals surface area contributed by atoms with Crippen LogP contribution in [0.1, 0.15) is 35.2 Å². The van der Waals surface area contributed by atoms with Crippen molar-refractivity contribution in [3.8, 4) is 0 Å². The molecule has 31 heavy (non-hydrogen) atoms. The SMILES string of the molecule is O=C(Nc1ncc(Cl)cn1)c1ccc2c3c(c(NC4(CO)CCC4)nc2c1)[S@@](=O)CC3. The van der Waals surface area contributed by atoms with Gasteiger partial charge in [0.15, 0.2) is 0 Å². The molecule has 3 aromatic rings. The molecule has 0 saturated heterocycles. The van der Waals surface area contributed by atoms with Gasteiger partial charge >= 0.3 is 0 Å². The van der Waals surface area contributed by atoms with Crippen molar-refractivity contribution in [1.82, 2.24) is 15.0 Å². The number of pyridine rings is 1. The number of aliphatic hydroxyl groups is 1. The monoisotopic (exact) mass is 457 g/mol. The maximum Gasteiger partial charge on any atom is 0.258 e. The van der Waals surface area contributed by atoms with Gasteiger partial charge in [0.2, 0.25) is 5.95 Å². The summed E-state index contributed by atoms with van der Waals surface area (Å²) in [6, 6.07) is 5.26. The van der Waals surface area contributed by atoms with Crippen LogP contribution in [0, 0.1) is 0 Å². The molecule has 1 aromatic carbocycles. The predicted octanol–water partition coefficient (Wildman–Crippen LogP) is 2.92. The van der Waals surface area contributed by atoms with Gasteiger partial charge in [-0.1, -0.05) is 17.7 Å². The second-order valence-electron chi connectivity index (χ2n) is 7.90. The number of aromatic nitrogens is 3. The molecule has 160 valence electrons. The number of fused-ring (bicyclic) bond motifs is 3. The predicted molar refractivity (Wildman–Crippen MR) is 119 cm³/mol. The number of carbonyl (C=O) groups excluding carboxylic acids is 1. The molecule has 0 bridgehead atoms. The fourth-order valence-electron chi connectivity index (χ4n) is 4.06. The van der Waals surface area contributed by atoms with E-state index < -0.39 is 16.3 Å². The zero-order chi connectivity index (χ0) is 21.6. The summed E-state index contributed by atoms with van der Waals surface area (Å²) in [5.41, 5.74) is 1.62. The quantitative estimate of drug-likeness (QED) is 0.539. The molecule has 5 rings (SSSR count). The molecule has 3 heterocycles. The highest BCUT2D eigenvalue weighted by atomic mass is 35.5. The van der Waals surface area contributed by atoms with Crippen LogP contribution in [-0.4, -0.2) is 48.1 Å². The Bertz CT molecular complexity index is 1210. The third-order valence-corrected chi connectivity index (χ3v) is 7.58. The maximum absolute atomic E-state index is 12.7. The van der Waals surface area contributed by atoms with E-state index in [-0.39, 0.29) is 18.5 Å². The Morgan fingerprint density at radius 3 is 2.71 bits per heavy atom. The minimum Gasteiger partial charge on any atom is -0.394 e. The van der Waals surface area contributed by atoms with Crippen LogP contribution in [-0.2, 0) is 17.2 Å². The molecule has 8 nitrogen and oxygen atoms in total. The molecular weight excluding hydrogens is 438 g/mol. The van der Waals surface area contributed by atoms with Crippen molar-refractivity contribution in [2.45, 2.75) is 36.1 Å². The lowest BCUT2D eigenvalue weighted by Gasteiger charge is -2.41. The van der Waals surface area contributed by atoms with Crippen LogP contribution in [0.2, 0.25) is 5.02 Å². The molecule has 1 aliphatic carbocycles. The molecule has 1 aliphatic heterocycles. The number of aryl methyl sites for hydroxylation is 1. The molecule has 1 fully saturated rings. The van der Waals surface area contributed by atoms with Gasteiger partial charge in [0.25, 0.3) is 5.91 Å². The summed E-state index contributed by atoms with van der Waals surface area (Å²) in [6.07, 6.45) is 6.22. The molecular formula is C21H20ClN5O3S. The number of anilines is 2. The molecule has 10 heteroatoms.